The zero-order valence-electron chi connectivity index (χ0n) is 12.2. The first-order valence-electron chi connectivity index (χ1n) is 6.73. The highest BCUT2D eigenvalue weighted by atomic mass is 16.7. The predicted octanol–water partition coefficient (Wildman–Crippen LogP) is 1.51. The highest BCUT2D eigenvalue weighted by Crippen LogP contribution is 2.13. The van der Waals surface area contributed by atoms with E-state index >= 15 is 0 Å². The minimum Gasteiger partial charge on any atom is -0.480 e. The van der Waals surface area contributed by atoms with Crippen molar-refractivity contribution in [2.45, 2.75) is 58.0 Å². The lowest BCUT2D eigenvalue weighted by molar-refractivity contribution is -0.139. The molecule has 0 aromatic heterocycles. The lowest BCUT2D eigenvalue weighted by Gasteiger charge is -2.22. The molecule has 1 rings (SSSR count). The summed E-state index contributed by atoms with van der Waals surface area (Å²) in [5.74, 6) is -1.08. The van der Waals surface area contributed by atoms with Gasteiger partial charge >= 0.3 is 12.1 Å². The summed E-state index contributed by atoms with van der Waals surface area (Å²) in [5.41, 5.74) is -0.654. The van der Waals surface area contributed by atoms with Gasteiger partial charge in [-0.1, -0.05) is 0 Å². The van der Waals surface area contributed by atoms with Crippen molar-refractivity contribution in [3.8, 4) is 0 Å². The van der Waals surface area contributed by atoms with Gasteiger partial charge in [0.1, 0.15) is 11.6 Å². The molecule has 7 nitrogen and oxygen atoms in total. The van der Waals surface area contributed by atoms with Crippen molar-refractivity contribution in [2.75, 3.05) is 13.2 Å². The number of carbonyl (C=O) groups is 2. The summed E-state index contributed by atoms with van der Waals surface area (Å²) in [7, 11) is 0. The summed E-state index contributed by atoms with van der Waals surface area (Å²) in [5, 5.41) is 11.4. The van der Waals surface area contributed by atoms with Crippen LogP contribution in [-0.4, -0.2) is 48.3 Å². The molecule has 2 N–H and O–H groups in total. The van der Waals surface area contributed by atoms with E-state index in [1.165, 1.54) is 0 Å². The summed E-state index contributed by atoms with van der Waals surface area (Å²) in [4.78, 5) is 22.6. The van der Waals surface area contributed by atoms with Gasteiger partial charge in [0.25, 0.3) is 0 Å². The molecule has 1 heterocycles. The van der Waals surface area contributed by atoms with Gasteiger partial charge in [-0.2, -0.15) is 0 Å². The van der Waals surface area contributed by atoms with Crippen molar-refractivity contribution in [2.24, 2.45) is 0 Å². The summed E-state index contributed by atoms with van der Waals surface area (Å²) in [6.45, 7) is 6.30. The number of amides is 1. The van der Waals surface area contributed by atoms with E-state index < -0.39 is 23.7 Å². The monoisotopic (exact) mass is 289 g/mol. The molecule has 1 saturated heterocycles. The SMILES string of the molecule is CC(C)(C)OC(=O)N[C@@H](CCCC1OCCO1)C(=O)O. The predicted molar refractivity (Wildman–Crippen MR) is 70.3 cm³/mol. The average Bonchev–Trinajstić information content (AvgIpc) is 2.77. The number of carboxylic acids is 1. The number of aliphatic carboxylic acids is 1. The van der Waals surface area contributed by atoms with Crippen LogP contribution in [-0.2, 0) is 19.0 Å². The third-order valence-corrected chi connectivity index (χ3v) is 2.61. The van der Waals surface area contributed by atoms with Crippen molar-refractivity contribution < 1.29 is 28.9 Å². The van der Waals surface area contributed by atoms with E-state index in [-0.39, 0.29) is 6.29 Å². The van der Waals surface area contributed by atoms with Gasteiger partial charge in [-0.15, -0.1) is 0 Å². The Bertz CT molecular complexity index is 332. The first-order valence-corrected chi connectivity index (χ1v) is 6.73. The Kier molecular flexibility index (Phi) is 6.22. The van der Waals surface area contributed by atoms with E-state index in [2.05, 4.69) is 5.32 Å². The second-order valence-electron chi connectivity index (χ2n) is 5.64. The second-order valence-corrected chi connectivity index (χ2v) is 5.64. The van der Waals surface area contributed by atoms with Crippen LogP contribution in [0.25, 0.3) is 0 Å². The van der Waals surface area contributed by atoms with Crippen molar-refractivity contribution in [3.05, 3.63) is 0 Å². The van der Waals surface area contributed by atoms with Crippen LogP contribution in [0.15, 0.2) is 0 Å². The van der Waals surface area contributed by atoms with Crippen molar-refractivity contribution in [1.82, 2.24) is 5.32 Å². The molecule has 0 aromatic carbocycles. The molecule has 0 saturated carbocycles. The molecule has 1 amide bonds. The first-order chi connectivity index (χ1) is 9.28. The molecular formula is C13H23NO6. The highest BCUT2D eigenvalue weighted by Gasteiger charge is 2.24. The summed E-state index contributed by atoms with van der Waals surface area (Å²) >= 11 is 0. The largest absolute Gasteiger partial charge is 0.480 e. The Morgan fingerprint density at radius 1 is 1.35 bits per heavy atom. The maximum atomic E-state index is 11.5. The summed E-state index contributed by atoms with van der Waals surface area (Å²) in [6.07, 6.45) is 0.513. The molecule has 0 aliphatic carbocycles. The lowest BCUT2D eigenvalue weighted by Crippen LogP contribution is -2.43. The zero-order valence-corrected chi connectivity index (χ0v) is 12.2. The Morgan fingerprint density at radius 3 is 2.45 bits per heavy atom. The van der Waals surface area contributed by atoms with Crippen LogP contribution in [0.4, 0.5) is 4.79 Å². The van der Waals surface area contributed by atoms with Crippen LogP contribution in [0.1, 0.15) is 40.0 Å². The number of rotatable bonds is 6. The van der Waals surface area contributed by atoms with Crippen LogP contribution in [0.3, 0.4) is 0 Å². The van der Waals surface area contributed by atoms with Crippen LogP contribution >= 0.6 is 0 Å². The molecule has 0 radical (unpaired) electrons. The fourth-order valence-corrected chi connectivity index (χ4v) is 1.77. The Hall–Kier alpha value is -1.34. The lowest BCUT2D eigenvalue weighted by atomic mass is 10.1. The minimum absolute atomic E-state index is 0.258. The Labute approximate surface area is 118 Å². The van der Waals surface area contributed by atoms with E-state index in [1.807, 2.05) is 0 Å². The van der Waals surface area contributed by atoms with Gasteiger partial charge in [-0.05, 0) is 40.0 Å². The van der Waals surface area contributed by atoms with E-state index in [4.69, 9.17) is 19.3 Å². The van der Waals surface area contributed by atoms with Gasteiger partial charge in [-0.25, -0.2) is 9.59 Å². The summed E-state index contributed by atoms with van der Waals surface area (Å²) < 4.78 is 15.6. The smallest absolute Gasteiger partial charge is 0.408 e. The molecule has 1 atom stereocenters. The standard InChI is InChI=1S/C13H23NO6/c1-13(2,3)20-12(17)14-9(11(15)16)5-4-6-10-18-7-8-19-10/h9-10H,4-8H2,1-3H3,(H,14,17)(H,15,16)/t9-/m0/s1. The number of carbonyl (C=O) groups excluding carboxylic acids is 1. The van der Waals surface area contributed by atoms with Gasteiger partial charge in [0, 0.05) is 0 Å². The quantitative estimate of drug-likeness (QED) is 0.769. The van der Waals surface area contributed by atoms with Crippen LogP contribution in [0.2, 0.25) is 0 Å². The minimum atomic E-state index is -1.08. The number of hydrogen-bond acceptors (Lipinski definition) is 5. The molecule has 0 unspecified atom stereocenters. The van der Waals surface area contributed by atoms with Gasteiger partial charge in [0.2, 0.25) is 0 Å². The maximum Gasteiger partial charge on any atom is 0.408 e. The number of ether oxygens (including phenoxy) is 3. The van der Waals surface area contributed by atoms with E-state index in [0.29, 0.717) is 32.5 Å². The Morgan fingerprint density at radius 2 is 1.95 bits per heavy atom. The summed E-state index contributed by atoms with van der Waals surface area (Å²) in [6, 6.07) is -0.966. The van der Waals surface area contributed by atoms with Crippen molar-refractivity contribution >= 4 is 12.1 Å². The second kappa shape index (κ2) is 7.44. The fraction of sp³-hybridized carbons (Fsp3) is 0.846. The van der Waals surface area contributed by atoms with Gasteiger partial charge < -0.3 is 24.6 Å². The topological polar surface area (TPSA) is 94.1 Å². The zero-order chi connectivity index (χ0) is 15.2. The van der Waals surface area contributed by atoms with Gasteiger partial charge in [0.05, 0.1) is 13.2 Å². The number of nitrogens with one attached hydrogen (secondary N) is 1. The third-order valence-electron chi connectivity index (χ3n) is 2.61. The molecule has 7 heteroatoms. The molecule has 0 aromatic rings. The van der Waals surface area contributed by atoms with E-state index in [0.717, 1.165) is 0 Å². The molecular weight excluding hydrogens is 266 g/mol. The van der Waals surface area contributed by atoms with Crippen LogP contribution < -0.4 is 5.32 Å². The van der Waals surface area contributed by atoms with Gasteiger partial charge in [-0.3, -0.25) is 0 Å². The first kappa shape index (κ1) is 16.7. The maximum absolute atomic E-state index is 11.5. The number of carboxylic acid groups (broad SMARTS) is 1. The number of alkyl carbamates (subject to hydrolysis) is 1. The fourth-order valence-electron chi connectivity index (χ4n) is 1.77. The third kappa shape index (κ3) is 6.72. The average molecular weight is 289 g/mol. The normalized spacial score (nSPS) is 17.8. The van der Waals surface area contributed by atoms with Crippen LogP contribution in [0, 0.1) is 0 Å². The molecule has 1 aliphatic rings. The van der Waals surface area contributed by atoms with E-state index in [9.17, 15) is 9.59 Å². The molecule has 0 bridgehead atoms. The molecule has 0 spiro atoms. The Balaban J connectivity index is 2.32. The van der Waals surface area contributed by atoms with Crippen LogP contribution in [0.5, 0.6) is 0 Å². The van der Waals surface area contributed by atoms with Crippen molar-refractivity contribution in [3.63, 3.8) is 0 Å². The highest BCUT2D eigenvalue weighted by molar-refractivity contribution is 5.79. The molecule has 20 heavy (non-hydrogen) atoms. The van der Waals surface area contributed by atoms with E-state index in [1.54, 1.807) is 20.8 Å². The molecule has 1 aliphatic heterocycles. The molecule has 1 fully saturated rings. The van der Waals surface area contributed by atoms with Gasteiger partial charge in [0.15, 0.2) is 6.29 Å². The van der Waals surface area contributed by atoms with Crippen molar-refractivity contribution in [1.29, 1.82) is 0 Å². The number of hydrogen-bond donors (Lipinski definition) is 2. The molecule has 116 valence electrons.